The summed E-state index contributed by atoms with van der Waals surface area (Å²) >= 11 is 1.32. The highest BCUT2D eigenvalue weighted by molar-refractivity contribution is 7.92. The number of aromatic nitrogens is 3. The summed E-state index contributed by atoms with van der Waals surface area (Å²) in [6, 6.07) is 9.44. The van der Waals surface area contributed by atoms with Crippen LogP contribution < -0.4 is 10.1 Å². The molecule has 0 spiro atoms. The molecule has 2 heterocycles. The molecule has 136 valence electrons. The number of rotatable bonds is 6. The molecule has 0 bridgehead atoms. The van der Waals surface area contributed by atoms with Crippen LogP contribution in [-0.2, 0) is 10.0 Å². The second kappa shape index (κ2) is 7.90. The zero-order valence-electron chi connectivity index (χ0n) is 14.0. The van der Waals surface area contributed by atoms with Crippen LogP contribution in [-0.4, -0.2) is 29.1 Å². The minimum Gasteiger partial charge on any atom is -0.277 e. The lowest BCUT2D eigenvalue weighted by Crippen LogP contribution is -2.14. The minimum atomic E-state index is -3.81. The molecule has 0 atom stereocenters. The second-order valence-electron chi connectivity index (χ2n) is 5.18. The fraction of sp³-hybridized carbons (Fsp3) is 0.0625. The van der Waals surface area contributed by atoms with Crippen molar-refractivity contribution in [3.63, 3.8) is 0 Å². The lowest BCUT2D eigenvalue weighted by Gasteiger charge is -2.07. The van der Waals surface area contributed by atoms with Crippen LogP contribution in [0.1, 0.15) is 10.7 Å². The van der Waals surface area contributed by atoms with Crippen molar-refractivity contribution in [2.24, 2.45) is 5.10 Å². The first-order chi connectivity index (χ1) is 13.0. The van der Waals surface area contributed by atoms with Gasteiger partial charge in [0.15, 0.2) is 10.7 Å². The third-order valence-corrected chi connectivity index (χ3v) is 5.49. The Morgan fingerprint density at radius 2 is 1.93 bits per heavy atom. The van der Waals surface area contributed by atoms with Gasteiger partial charge in [-0.2, -0.15) is 10.4 Å². The van der Waals surface area contributed by atoms with Gasteiger partial charge in [-0.05, 0) is 37.3 Å². The van der Waals surface area contributed by atoms with Crippen molar-refractivity contribution >= 4 is 38.7 Å². The van der Waals surface area contributed by atoms with Gasteiger partial charge in [-0.25, -0.2) is 28.1 Å². The largest absolute Gasteiger partial charge is 0.277 e. The average molecular weight is 399 g/mol. The van der Waals surface area contributed by atoms with Crippen LogP contribution in [0.3, 0.4) is 0 Å². The lowest BCUT2D eigenvalue weighted by atomic mass is 10.3. The Kier molecular flexibility index (Phi) is 5.39. The summed E-state index contributed by atoms with van der Waals surface area (Å²) in [5.41, 5.74) is 4.20. The maximum absolute atomic E-state index is 12.3. The van der Waals surface area contributed by atoms with E-state index >= 15 is 0 Å². The number of hydrazone groups is 1. The van der Waals surface area contributed by atoms with Crippen LogP contribution in [0, 0.1) is 18.3 Å². The van der Waals surface area contributed by atoms with E-state index < -0.39 is 10.0 Å². The van der Waals surface area contributed by atoms with Crippen LogP contribution in [0.2, 0.25) is 0 Å². The van der Waals surface area contributed by atoms with Gasteiger partial charge in [-0.3, -0.25) is 5.43 Å². The van der Waals surface area contributed by atoms with E-state index in [1.54, 1.807) is 6.07 Å². The highest BCUT2D eigenvalue weighted by atomic mass is 32.2. The third-order valence-electron chi connectivity index (χ3n) is 3.18. The SMILES string of the molecule is Cc1csc(/C(C#N)=N/Nc2ccc(S(=O)(=O)Nc3ncccn3)cc2)n1. The van der Waals surface area contributed by atoms with E-state index in [0.717, 1.165) is 5.69 Å². The average Bonchev–Trinajstić information content (AvgIpc) is 3.09. The summed E-state index contributed by atoms with van der Waals surface area (Å²) in [6.07, 6.45) is 2.87. The van der Waals surface area contributed by atoms with E-state index in [-0.39, 0.29) is 16.6 Å². The standard InChI is InChI=1S/C16H13N7O2S2/c1-11-10-26-15(20-11)14(9-17)22-21-12-3-5-13(6-4-12)27(24,25)23-16-18-7-2-8-19-16/h2-8,10,21H,1H3,(H,18,19,23)/b22-14+. The van der Waals surface area contributed by atoms with Gasteiger partial charge in [0.1, 0.15) is 6.07 Å². The fourth-order valence-corrected chi connectivity index (χ4v) is 3.64. The molecule has 0 aliphatic rings. The summed E-state index contributed by atoms with van der Waals surface area (Å²) < 4.78 is 26.9. The number of anilines is 2. The molecule has 3 rings (SSSR count). The molecule has 0 amide bonds. The monoisotopic (exact) mass is 399 g/mol. The van der Waals surface area contributed by atoms with Crippen molar-refractivity contribution in [2.45, 2.75) is 11.8 Å². The normalized spacial score (nSPS) is 11.6. The summed E-state index contributed by atoms with van der Waals surface area (Å²) in [5, 5.41) is 15.6. The molecule has 27 heavy (non-hydrogen) atoms. The molecule has 0 unspecified atom stereocenters. The van der Waals surface area contributed by atoms with Gasteiger partial charge in [0, 0.05) is 23.5 Å². The number of benzene rings is 1. The third kappa shape index (κ3) is 4.63. The fourth-order valence-electron chi connectivity index (χ4n) is 1.94. The first-order valence-electron chi connectivity index (χ1n) is 7.54. The van der Waals surface area contributed by atoms with E-state index in [4.69, 9.17) is 0 Å². The Morgan fingerprint density at radius 3 is 2.52 bits per heavy atom. The number of nitrogens with one attached hydrogen (secondary N) is 2. The molecule has 11 heteroatoms. The number of thiazole rings is 1. The Labute approximate surface area is 159 Å². The molecule has 0 radical (unpaired) electrons. The first-order valence-corrected chi connectivity index (χ1v) is 9.90. The molecule has 2 aromatic heterocycles. The number of sulfonamides is 1. The molecule has 0 fully saturated rings. The van der Waals surface area contributed by atoms with E-state index in [1.165, 1.54) is 48.0 Å². The Balaban J connectivity index is 1.73. The molecular weight excluding hydrogens is 386 g/mol. The molecule has 9 nitrogen and oxygen atoms in total. The van der Waals surface area contributed by atoms with Gasteiger partial charge in [-0.1, -0.05) is 0 Å². The highest BCUT2D eigenvalue weighted by Crippen LogP contribution is 2.17. The van der Waals surface area contributed by atoms with Crippen molar-refractivity contribution in [2.75, 3.05) is 10.1 Å². The van der Waals surface area contributed by atoms with Gasteiger partial charge in [0.2, 0.25) is 5.95 Å². The first kappa shape index (κ1) is 18.4. The maximum Gasteiger partial charge on any atom is 0.264 e. The topological polar surface area (TPSA) is 133 Å². The molecule has 0 aliphatic heterocycles. The van der Waals surface area contributed by atoms with Crippen LogP contribution in [0.15, 0.2) is 58.1 Å². The number of nitriles is 1. The maximum atomic E-state index is 12.3. The van der Waals surface area contributed by atoms with E-state index in [1.807, 2.05) is 18.4 Å². The quantitative estimate of drug-likeness (QED) is 0.480. The summed E-state index contributed by atoms with van der Waals surface area (Å²) in [5.74, 6) is -0.0123. The molecule has 3 aromatic rings. The second-order valence-corrected chi connectivity index (χ2v) is 7.72. The Bertz CT molecular complexity index is 1100. The van der Waals surface area contributed by atoms with Gasteiger partial charge in [-0.15, -0.1) is 11.3 Å². The van der Waals surface area contributed by atoms with Crippen molar-refractivity contribution < 1.29 is 8.42 Å². The molecule has 0 saturated carbocycles. The number of hydrogen-bond donors (Lipinski definition) is 2. The molecule has 0 saturated heterocycles. The van der Waals surface area contributed by atoms with Gasteiger partial charge >= 0.3 is 0 Å². The van der Waals surface area contributed by atoms with E-state index in [9.17, 15) is 13.7 Å². The summed E-state index contributed by atoms with van der Waals surface area (Å²) in [6.45, 7) is 1.83. The number of aryl methyl sites for hydroxylation is 1. The molecule has 0 aliphatic carbocycles. The molecule has 1 aromatic carbocycles. The van der Waals surface area contributed by atoms with E-state index in [2.05, 4.69) is 30.2 Å². The van der Waals surface area contributed by atoms with Crippen LogP contribution in [0.25, 0.3) is 0 Å². The van der Waals surface area contributed by atoms with Crippen LogP contribution in [0.4, 0.5) is 11.6 Å². The zero-order valence-corrected chi connectivity index (χ0v) is 15.6. The molecular formula is C16H13N7O2S2. The number of nitrogens with zero attached hydrogens (tertiary/aromatic N) is 5. The minimum absolute atomic E-state index is 0.0123. The smallest absolute Gasteiger partial charge is 0.264 e. The Morgan fingerprint density at radius 1 is 1.22 bits per heavy atom. The number of hydrogen-bond acceptors (Lipinski definition) is 9. The van der Waals surface area contributed by atoms with Crippen molar-refractivity contribution in [3.8, 4) is 6.07 Å². The van der Waals surface area contributed by atoms with Crippen LogP contribution >= 0.6 is 11.3 Å². The highest BCUT2D eigenvalue weighted by Gasteiger charge is 2.15. The lowest BCUT2D eigenvalue weighted by molar-refractivity contribution is 0.601. The van der Waals surface area contributed by atoms with E-state index in [0.29, 0.717) is 10.7 Å². The predicted molar refractivity (Wildman–Crippen MR) is 102 cm³/mol. The zero-order chi connectivity index (χ0) is 19.3. The van der Waals surface area contributed by atoms with Gasteiger partial charge in [0.05, 0.1) is 10.6 Å². The molecule has 2 N–H and O–H groups in total. The van der Waals surface area contributed by atoms with Crippen molar-refractivity contribution in [3.05, 3.63) is 58.8 Å². The van der Waals surface area contributed by atoms with Crippen molar-refractivity contribution in [1.82, 2.24) is 15.0 Å². The van der Waals surface area contributed by atoms with Gasteiger partial charge in [0.25, 0.3) is 10.0 Å². The summed E-state index contributed by atoms with van der Waals surface area (Å²) in [7, 11) is -3.81. The van der Waals surface area contributed by atoms with Gasteiger partial charge < -0.3 is 0 Å². The predicted octanol–water partition coefficient (Wildman–Crippen LogP) is 2.38. The van der Waals surface area contributed by atoms with Crippen molar-refractivity contribution in [1.29, 1.82) is 5.26 Å². The summed E-state index contributed by atoms with van der Waals surface area (Å²) in [4.78, 5) is 11.9. The Hall–Kier alpha value is -3.36. The van der Waals surface area contributed by atoms with Crippen LogP contribution in [0.5, 0.6) is 0 Å².